The van der Waals surface area contributed by atoms with E-state index in [0.29, 0.717) is 12.1 Å². The van der Waals surface area contributed by atoms with Crippen LogP contribution in [0.2, 0.25) is 0 Å². The Morgan fingerprint density at radius 1 is 0.750 bits per heavy atom. The zero-order valence-corrected chi connectivity index (χ0v) is 19.7. The summed E-state index contributed by atoms with van der Waals surface area (Å²) in [4.78, 5) is 4.94. The molecule has 0 spiro atoms. The number of benzene rings is 2. The van der Waals surface area contributed by atoms with Crippen LogP contribution in [0.4, 0.5) is 22.7 Å². The summed E-state index contributed by atoms with van der Waals surface area (Å²) in [5.74, 6) is 0. The molecule has 2 unspecified atom stereocenters. The van der Waals surface area contributed by atoms with Gasteiger partial charge in [-0.3, -0.25) is 0 Å². The number of nitrogens with one attached hydrogen (secondary N) is 2. The number of hydrogen-bond acceptors (Lipinski definition) is 6. The summed E-state index contributed by atoms with van der Waals surface area (Å²) >= 11 is 0. The van der Waals surface area contributed by atoms with Gasteiger partial charge in [0.2, 0.25) is 0 Å². The maximum atomic E-state index is 5.96. The monoisotopic (exact) mass is 436 g/mol. The summed E-state index contributed by atoms with van der Waals surface area (Å²) < 4.78 is 0. The first-order chi connectivity index (χ1) is 15.5. The van der Waals surface area contributed by atoms with E-state index in [1.54, 1.807) is 0 Å². The number of unbranched alkanes of at least 4 members (excludes halogenated alkanes) is 1. The van der Waals surface area contributed by atoms with E-state index in [1.165, 1.54) is 48.2 Å². The van der Waals surface area contributed by atoms with Crippen molar-refractivity contribution in [2.45, 2.75) is 51.6 Å². The zero-order valence-electron chi connectivity index (χ0n) is 19.7. The highest BCUT2D eigenvalue weighted by atomic mass is 15.2. The molecule has 2 aromatic rings. The van der Waals surface area contributed by atoms with Crippen molar-refractivity contribution in [3.63, 3.8) is 0 Å². The molecule has 2 saturated heterocycles. The molecule has 0 aromatic heterocycles. The predicted octanol–water partition coefficient (Wildman–Crippen LogP) is 3.28. The molecule has 2 aromatic carbocycles. The first-order valence-electron chi connectivity index (χ1n) is 12.2. The largest absolute Gasteiger partial charge is 0.399 e. The molecule has 2 fully saturated rings. The highest BCUT2D eigenvalue weighted by Gasteiger charge is 2.23. The normalized spacial score (nSPS) is 20.9. The summed E-state index contributed by atoms with van der Waals surface area (Å²) in [7, 11) is 0. The fraction of sp³-hybridized carbons (Fsp3) is 0.538. The molecule has 0 saturated carbocycles. The SMILES string of the molecule is Cc1cc(N2CCC(NCCCCNC3CCN(c4ccc(N)c(C)c4)C3)C2)ccc1N. The fourth-order valence-electron chi connectivity index (χ4n) is 4.90. The van der Waals surface area contributed by atoms with Crippen LogP contribution in [0.5, 0.6) is 0 Å². The maximum Gasteiger partial charge on any atom is 0.0370 e. The van der Waals surface area contributed by atoms with Gasteiger partial charge in [0.25, 0.3) is 0 Å². The number of nitrogens with zero attached hydrogens (tertiary/aromatic N) is 2. The second-order valence-electron chi connectivity index (χ2n) is 9.56. The van der Waals surface area contributed by atoms with E-state index in [9.17, 15) is 0 Å². The number of hydrogen-bond donors (Lipinski definition) is 4. The van der Waals surface area contributed by atoms with Crippen molar-refractivity contribution in [3.05, 3.63) is 47.5 Å². The first kappa shape index (κ1) is 22.7. The molecular formula is C26H40N6. The number of rotatable bonds is 9. The lowest BCUT2D eigenvalue weighted by Gasteiger charge is -2.20. The fourth-order valence-corrected chi connectivity index (χ4v) is 4.90. The molecule has 6 N–H and O–H groups in total. The molecule has 2 aliphatic heterocycles. The molecule has 6 heteroatoms. The van der Waals surface area contributed by atoms with Gasteiger partial charge in [0.1, 0.15) is 0 Å². The Labute approximate surface area is 193 Å². The summed E-state index contributed by atoms with van der Waals surface area (Å²) in [5.41, 5.74) is 18.6. The Morgan fingerprint density at radius 3 is 1.59 bits per heavy atom. The van der Waals surface area contributed by atoms with Gasteiger partial charge in [0, 0.05) is 61.0 Å². The number of nitrogens with two attached hydrogens (primary N) is 2. The van der Waals surface area contributed by atoms with E-state index in [4.69, 9.17) is 11.5 Å². The van der Waals surface area contributed by atoms with Crippen LogP contribution in [0.25, 0.3) is 0 Å². The third kappa shape index (κ3) is 5.67. The second-order valence-corrected chi connectivity index (χ2v) is 9.56. The lowest BCUT2D eigenvalue weighted by atomic mass is 10.1. The van der Waals surface area contributed by atoms with E-state index < -0.39 is 0 Å². The first-order valence-corrected chi connectivity index (χ1v) is 12.2. The van der Waals surface area contributed by atoms with Gasteiger partial charge in [0.05, 0.1) is 0 Å². The van der Waals surface area contributed by atoms with E-state index >= 15 is 0 Å². The Kier molecular flexibility index (Phi) is 7.43. The molecule has 2 heterocycles. The lowest BCUT2D eigenvalue weighted by molar-refractivity contribution is 0.497. The summed E-state index contributed by atoms with van der Waals surface area (Å²) in [5, 5.41) is 7.52. The van der Waals surface area contributed by atoms with Crippen molar-refractivity contribution in [2.75, 3.05) is 60.5 Å². The second kappa shape index (κ2) is 10.5. The Hall–Kier alpha value is -2.44. The van der Waals surface area contributed by atoms with Crippen molar-refractivity contribution >= 4 is 22.7 Å². The molecule has 2 atom stereocenters. The Morgan fingerprint density at radius 2 is 1.19 bits per heavy atom. The molecular weight excluding hydrogens is 396 g/mol. The van der Waals surface area contributed by atoms with Gasteiger partial charge >= 0.3 is 0 Å². The highest BCUT2D eigenvalue weighted by molar-refractivity contribution is 5.59. The molecule has 2 aliphatic rings. The summed E-state index contributed by atoms with van der Waals surface area (Å²) in [6.07, 6.45) is 4.87. The van der Waals surface area contributed by atoms with Gasteiger partial charge in [-0.2, -0.15) is 0 Å². The summed E-state index contributed by atoms with van der Waals surface area (Å²) in [6, 6.07) is 13.9. The van der Waals surface area contributed by atoms with Crippen LogP contribution in [0, 0.1) is 13.8 Å². The van der Waals surface area contributed by atoms with Crippen LogP contribution in [0.15, 0.2) is 36.4 Å². The number of nitrogen functional groups attached to an aromatic ring is 2. The van der Waals surface area contributed by atoms with Crippen molar-refractivity contribution in [3.8, 4) is 0 Å². The molecule has 4 rings (SSSR count). The van der Waals surface area contributed by atoms with Gasteiger partial charge in [0.15, 0.2) is 0 Å². The number of anilines is 4. The Balaban J connectivity index is 1.09. The zero-order chi connectivity index (χ0) is 22.5. The Bertz CT molecular complexity index is 824. The van der Waals surface area contributed by atoms with Crippen molar-refractivity contribution in [2.24, 2.45) is 0 Å². The third-order valence-corrected chi connectivity index (χ3v) is 7.08. The van der Waals surface area contributed by atoms with Crippen molar-refractivity contribution < 1.29 is 0 Å². The van der Waals surface area contributed by atoms with Gasteiger partial charge < -0.3 is 31.9 Å². The molecule has 0 amide bonds. The van der Waals surface area contributed by atoms with Crippen molar-refractivity contribution in [1.82, 2.24) is 10.6 Å². The quantitative estimate of drug-likeness (QED) is 0.357. The smallest absolute Gasteiger partial charge is 0.0370 e. The van der Waals surface area contributed by atoms with Crippen LogP contribution in [-0.4, -0.2) is 51.4 Å². The van der Waals surface area contributed by atoms with Crippen LogP contribution in [0.1, 0.15) is 36.8 Å². The minimum atomic E-state index is 0.590. The number of aryl methyl sites for hydroxylation is 2. The van der Waals surface area contributed by atoms with Crippen molar-refractivity contribution in [1.29, 1.82) is 0 Å². The molecule has 0 aliphatic carbocycles. The molecule has 0 bridgehead atoms. The average Bonchev–Trinajstić information content (AvgIpc) is 3.44. The van der Waals surface area contributed by atoms with Crippen LogP contribution < -0.4 is 31.9 Å². The van der Waals surface area contributed by atoms with Gasteiger partial charge in [-0.15, -0.1) is 0 Å². The van der Waals surface area contributed by atoms with Gasteiger partial charge in [-0.05, 0) is 100 Å². The average molecular weight is 437 g/mol. The molecule has 174 valence electrons. The van der Waals surface area contributed by atoms with E-state index in [-0.39, 0.29) is 0 Å². The minimum absolute atomic E-state index is 0.590. The van der Waals surface area contributed by atoms with Crippen LogP contribution in [0.3, 0.4) is 0 Å². The lowest BCUT2D eigenvalue weighted by Crippen LogP contribution is -2.35. The minimum Gasteiger partial charge on any atom is -0.399 e. The molecule has 6 nitrogen and oxygen atoms in total. The maximum absolute atomic E-state index is 5.96. The van der Waals surface area contributed by atoms with Gasteiger partial charge in [-0.1, -0.05) is 0 Å². The van der Waals surface area contributed by atoms with E-state index in [1.807, 2.05) is 12.1 Å². The van der Waals surface area contributed by atoms with Gasteiger partial charge in [-0.25, -0.2) is 0 Å². The van der Waals surface area contributed by atoms with Crippen LogP contribution >= 0.6 is 0 Å². The third-order valence-electron chi connectivity index (χ3n) is 7.08. The standard InChI is InChI=1S/C26H40N6/c1-19-15-23(5-7-25(19)27)31-13-9-21(17-31)29-11-3-4-12-30-22-10-14-32(18-22)24-6-8-26(28)20(2)16-24/h5-8,15-16,21-22,29-30H,3-4,9-14,17-18,27-28H2,1-2H3. The predicted molar refractivity (Wildman–Crippen MR) is 138 cm³/mol. The van der Waals surface area contributed by atoms with Crippen LogP contribution in [-0.2, 0) is 0 Å². The summed E-state index contributed by atoms with van der Waals surface area (Å²) in [6.45, 7) is 10.8. The highest BCUT2D eigenvalue weighted by Crippen LogP contribution is 2.25. The topological polar surface area (TPSA) is 82.6 Å². The van der Waals surface area contributed by atoms with E-state index in [2.05, 4.69) is 58.5 Å². The van der Waals surface area contributed by atoms with E-state index in [0.717, 1.165) is 50.6 Å². The molecule has 32 heavy (non-hydrogen) atoms. The molecule has 0 radical (unpaired) electrons.